The Bertz CT molecular complexity index is 512. The number of amides is 1. The maximum atomic E-state index is 12.4. The van der Waals surface area contributed by atoms with Crippen LogP contribution in [0.1, 0.15) is 64.5 Å². The Balaban J connectivity index is 3.10. The molecule has 0 spiro atoms. The van der Waals surface area contributed by atoms with Crippen LogP contribution >= 0.6 is 0 Å². The van der Waals surface area contributed by atoms with Crippen LogP contribution in [0.15, 0.2) is 12.1 Å². The monoisotopic (exact) mass is 292 g/mol. The van der Waals surface area contributed by atoms with Crippen LogP contribution in [0.3, 0.4) is 0 Å². The van der Waals surface area contributed by atoms with Gasteiger partial charge in [0.1, 0.15) is 5.82 Å². The van der Waals surface area contributed by atoms with Crippen molar-refractivity contribution in [3.05, 3.63) is 23.4 Å². The molecule has 1 rings (SSSR count). The molecule has 0 aliphatic carbocycles. The van der Waals surface area contributed by atoms with Crippen molar-refractivity contribution < 1.29 is 4.79 Å². The lowest BCUT2D eigenvalue weighted by molar-refractivity contribution is 0.0910. The van der Waals surface area contributed by atoms with E-state index in [1.807, 2.05) is 13.0 Å². The first-order valence-corrected chi connectivity index (χ1v) is 7.25. The zero-order chi connectivity index (χ0) is 16.4. The summed E-state index contributed by atoms with van der Waals surface area (Å²) in [5.41, 5.74) is 3.77. The van der Waals surface area contributed by atoms with Crippen LogP contribution in [0.25, 0.3) is 0 Å². The molecule has 118 valence electrons. The summed E-state index contributed by atoms with van der Waals surface area (Å²) in [5, 5.41) is 3.03. The molecule has 0 aliphatic heterocycles. The first kappa shape index (κ1) is 17.4. The number of hydrogen-bond acceptors (Lipinski definition) is 4. The Hall–Kier alpha value is -1.62. The van der Waals surface area contributed by atoms with Gasteiger partial charge in [0.25, 0.3) is 5.91 Å². The standard InChI is InChI=1S/C16H28N4O/c1-10(15(2,3)4)18-14(21)11-8-12(16(5,6)7)19-13(9-11)20-17/h8-10H,17H2,1-7H3,(H,18,21)(H,19,20). The molecule has 0 aromatic carbocycles. The predicted molar refractivity (Wildman–Crippen MR) is 87.1 cm³/mol. The van der Waals surface area contributed by atoms with E-state index in [4.69, 9.17) is 5.84 Å². The highest BCUT2D eigenvalue weighted by atomic mass is 16.1. The highest BCUT2D eigenvalue weighted by Crippen LogP contribution is 2.24. The highest BCUT2D eigenvalue weighted by Gasteiger charge is 2.24. The van der Waals surface area contributed by atoms with Crippen molar-refractivity contribution in [1.29, 1.82) is 0 Å². The molecule has 1 atom stereocenters. The van der Waals surface area contributed by atoms with Gasteiger partial charge < -0.3 is 10.7 Å². The van der Waals surface area contributed by atoms with Crippen LogP contribution in [-0.4, -0.2) is 16.9 Å². The Morgan fingerprint density at radius 3 is 2.19 bits per heavy atom. The van der Waals surface area contributed by atoms with Crippen molar-refractivity contribution in [3.63, 3.8) is 0 Å². The van der Waals surface area contributed by atoms with E-state index in [-0.39, 0.29) is 22.8 Å². The Morgan fingerprint density at radius 2 is 1.76 bits per heavy atom. The maximum Gasteiger partial charge on any atom is 0.251 e. The van der Waals surface area contributed by atoms with Crippen molar-refractivity contribution in [3.8, 4) is 0 Å². The molecule has 21 heavy (non-hydrogen) atoms. The number of hydrogen-bond donors (Lipinski definition) is 3. The fourth-order valence-electron chi connectivity index (χ4n) is 1.62. The third-order valence-corrected chi connectivity index (χ3v) is 3.65. The van der Waals surface area contributed by atoms with Crippen LogP contribution in [0.4, 0.5) is 5.82 Å². The second-order valence-electron chi connectivity index (χ2n) is 7.58. The molecule has 1 aromatic rings. The number of pyridine rings is 1. The zero-order valence-corrected chi connectivity index (χ0v) is 14.2. The summed E-state index contributed by atoms with van der Waals surface area (Å²) in [6, 6.07) is 3.55. The summed E-state index contributed by atoms with van der Waals surface area (Å²) in [7, 11) is 0. The highest BCUT2D eigenvalue weighted by molar-refractivity contribution is 5.95. The lowest BCUT2D eigenvalue weighted by Crippen LogP contribution is -2.41. The van der Waals surface area contributed by atoms with Gasteiger partial charge in [0.05, 0.1) is 0 Å². The second-order valence-corrected chi connectivity index (χ2v) is 7.58. The largest absolute Gasteiger partial charge is 0.349 e. The van der Waals surface area contributed by atoms with Crippen LogP contribution in [0.2, 0.25) is 0 Å². The van der Waals surface area contributed by atoms with E-state index in [0.717, 1.165) is 5.69 Å². The molecule has 0 bridgehead atoms. The topological polar surface area (TPSA) is 80.0 Å². The van der Waals surface area contributed by atoms with Crippen LogP contribution in [0.5, 0.6) is 0 Å². The van der Waals surface area contributed by atoms with E-state index < -0.39 is 0 Å². The maximum absolute atomic E-state index is 12.4. The molecule has 5 heteroatoms. The smallest absolute Gasteiger partial charge is 0.251 e. The fraction of sp³-hybridized carbons (Fsp3) is 0.625. The minimum atomic E-state index is -0.155. The number of carbonyl (C=O) groups excluding carboxylic acids is 1. The summed E-state index contributed by atoms with van der Waals surface area (Å²) < 4.78 is 0. The van der Waals surface area contributed by atoms with Gasteiger partial charge in [0, 0.05) is 22.7 Å². The van der Waals surface area contributed by atoms with E-state index >= 15 is 0 Å². The molecular formula is C16H28N4O. The molecular weight excluding hydrogens is 264 g/mol. The number of nitrogens with one attached hydrogen (secondary N) is 2. The van der Waals surface area contributed by atoms with Crippen molar-refractivity contribution >= 4 is 11.7 Å². The molecule has 1 heterocycles. The number of carbonyl (C=O) groups is 1. The Kier molecular flexibility index (Phi) is 4.99. The van der Waals surface area contributed by atoms with Crippen molar-refractivity contribution in [2.24, 2.45) is 11.3 Å². The number of hydrazine groups is 1. The first-order chi connectivity index (χ1) is 9.45. The minimum Gasteiger partial charge on any atom is -0.349 e. The third-order valence-electron chi connectivity index (χ3n) is 3.65. The quantitative estimate of drug-likeness (QED) is 0.591. The number of nitrogen functional groups attached to an aromatic ring is 1. The number of rotatable bonds is 3. The van der Waals surface area contributed by atoms with Crippen LogP contribution in [0, 0.1) is 5.41 Å². The number of aromatic nitrogens is 1. The SMILES string of the molecule is CC(NC(=O)c1cc(NN)nc(C(C)(C)C)c1)C(C)(C)C. The van der Waals surface area contributed by atoms with E-state index in [0.29, 0.717) is 11.4 Å². The average molecular weight is 292 g/mol. The lowest BCUT2D eigenvalue weighted by Gasteiger charge is -2.28. The van der Waals surface area contributed by atoms with Crippen LogP contribution in [-0.2, 0) is 5.41 Å². The molecule has 0 saturated heterocycles. The fourth-order valence-corrected chi connectivity index (χ4v) is 1.62. The van der Waals surface area contributed by atoms with Crippen LogP contribution < -0.4 is 16.6 Å². The second kappa shape index (κ2) is 6.02. The van der Waals surface area contributed by atoms with Crippen molar-refractivity contribution in [1.82, 2.24) is 10.3 Å². The third kappa shape index (κ3) is 4.70. The van der Waals surface area contributed by atoms with Gasteiger partial charge >= 0.3 is 0 Å². The molecule has 0 aliphatic rings. The van der Waals surface area contributed by atoms with E-state index in [1.165, 1.54) is 0 Å². The molecule has 0 fully saturated rings. The number of nitrogens with two attached hydrogens (primary N) is 1. The van der Waals surface area contributed by atoms with Gasteiger partial charge in [-0.25, -0.2) is 10.8 Å². The molecule has 1 amide bonds. The normalized spacial score (nSPS) is 13.7. The summed E-state index contributed by atoms with van der Waals surface area (Å²) in [5.74, 6) is 5.84. The summed E-state index contributed by atoms with van der Waals surface area (Å²) in [6.07, 6.45) is 0. The number of anilines is 1. The van der Waals surface area contributed by atoms with Gasteiger partial charge in [0.15, 0.2) is 0 Å². The van der Waals surface area contributed by atoms with Gasteiger partial charge in [-0.3, -0.25) is 4.79 Å². The summed E-state index contributed by atoms with van der Waals surface area (Å²) in [6.45, 7) is 14.4. The zero-order valence-electron chi connectivity index (χ0n) is 14.2. The molecule has 1 aromatic heterocycles. The Labute approximate surface area is 127 Å². The lowest BCUT2D eigenvalue weighted by atomic mass is 9.87. The van der Waals surface area contributed by atoms with Gasteiger partial charge in [-0.2, -0.15) is 0 Å². The minimum absolute atomic E-state index is 0.00446. The molecule has 4 N–H and O–H groups in total. The van der Waals surface area contributed by atoms with Crippen molar-refractivity contribution in [2.45, 2.75) is 59.9 Å². The summed E-state index contributed by atoms with van der Waals surface area (Å²) >= 11 is 0. The average Bonchev–Trinajstić information content (AvgIpc) is 2.35. The van der Waals surface area contributed by atoms with Gasteiger partial charge in [-0.05, 0) is 24.5 Å². The number of nitrogens with zero attached hydrogens (tertiary/aromatic N) is 1. The Morgan fingerprint density at radius 1 is 1.19 bits per heavy atom. The van der Waals surface area contributed by atoms with Crippen molar-refractivity contribution in [2.75, 3.05) is 5.43 Å². The molecule has 5 nitrogen and oxygen atoms in total. The van der Waals surface area contributed by atoms with E-state index in [9.17, 15) is 4.79 Å². The van der Waals surface area contributed by atoms with E-state index in [1.54, 1.807) is 6.07 Å². The van der Waals surface area contributed by atoms with Gasteiger partial charge in [-0.1, -0.05) is 41.5 Å². The molecule has 1 unspecified atom stereocenters. The molecule has 0 radical (unpaired) electrons. The van der Waals surface area contributed by atoms with E-state index in [2.05, 4.69) is 57.3 Å². The summed E-state index contributed by atoms with van der Waals surface area (Å²) in [4.78, 5) is 16.9. The molecule has 0 saturated carbocycles. The predicted octanol–water partition coefficient (Wildman–Crippen LogP) is 2.83. The van der Waals surface area contributed by atoms with Gasteiger partial charge in [0.2, 0.25) is 0 Å². The first-order valence-electron chi connectivity index (χ1n) is 7.25. The van der Waals surface area contributed by atoms with Gasteiger partial charge in [-0.15, -0.1) is 0 Å².